The van der Waals surface area contributed by atoms with Crippen molar-refractivity contribution in [3.05, 3.63) is 28.0 Å². The van der Waals surface area contributed by atoms with E-state index in [4.69, 9.17) is 23.2 Å². The van der Waals surface area contributed by atoms with Gasteiger partial charge in [-0.05, 0) is 26.0 Å². The number of rotatable bonds is 5. The normalized spacial score (nSPS) is 10.4. The predicted molar refractivity (Wildman–Crippen MR) is 74.5 cm³/mol. The number of hydrogen-bond acceptors (Lipinski definition) is 3. The first-order chi connectivity index (χ1) is 8.88. The number of nitrogens with one attached hydrogen (secondary N) is 2. The molecule has 0 bridgehead atoms. The van der Waals surface area contributed by atoms with Crippen LogP contribution in [0.3, 0.4) is 0 Å². The summed E-state index contributed by atoms with van der Waals surface area (Å²) in [6.45, 7) is 3.99. The minimum atomic E-state index is -0.344. The molecule has 5 nitrogen and oxygen atoms in total. The van der Waals surface area contributed by atoms with Gasteiger partial charge in [0.15, 0.2) is 0 Å². The number of pyridine rings is 1. The number of aromatic nitrogens is 1. The summed E-state index contributed by atoms with van der Waals surface area (Å²) in [5.41, 5.74) is 0.314. The lowest BCUT2D eigenvalue weighted by Crippen LogP contribution is -2.34. The molecular weight excluding hydrogens is 289 g/mol. The summed E-state index contributed by atoms with van der Waals surface area (Å²) in [7, 11) is 0. The highest BCUT2D eigenvalue weighted by Gasteiger charge is 2.09. The Morgan fingerprint density at radius 2 is 1.84 bits per heavy atom. The van der Waals surface area contributed by atoms with Crippen LogP contribution in [0.5, 0.6) is 0 Å². The van der Waals surface area contributed by atoms with Gasteiger partial charge in [0.05, 0.1) is 0 Å². The minimum Gasteiger partial charge on any atom is -0.354 e. The van der Waals surface area contributed by atoms with Crippen molar-refractivity contribution in [3.63, 3.8) is 0 Å². The van der Waals surface area contributed by atoms with Crippen molar-refractivity contribution in [1.82, 2.24) is 15.6 Å². The van der Waals surface area contributed by atoms with Gasteiger partial charge in [0.25, 0.3) is 5.91 Å². The lowest BCUT2D eigenvalue weighted by molar-refractivity contribution is -0.121. The highest BCUT2D eigenvalue weighted by molar-refractivity contribution is 6.33. The third-order valence-electron chi connectivity index (χ3n) is 2.11. The van der Waals surface area contributed by atoms with Gasteiger partial charge >= 0.3 is 0 Å². The van der Waals surface area contributed by atoms with Crippen LogP contribution in [0.1, 0.15) is 30.6 Å². The molecule has 0 atom stereocenters. The first-order valence-electron chi connectivity index (χ1n) is 5.79. The third-order valence-corrected chi connectivity index (χ3v) is 2.50. The van der Waals surface area contributed by atoms with Gasteiger partial charge in [-0.2, -0.15) is 0 Å². The van der Waals surface area contributed by atoms with E-state index in [9.17, 15) is 9.59 Å². The molecule has 0 aliphatic carbocycles. The van der Waals surface area contributed by atoms with Crippen molar-refractivity contribution >= 4 is 35.0 Å². The van der Waals surface area contributed by atoms with Gasteiger partial charge < -0.3 is 10.6 Å². The van der Waals surface area contributed by atoms with E-state index in [-0.39, 0.29) is 41.1 Å². The monoisotopic (exact) mass is 303 g/mol. The second kappa shape index (κ2) is 7.31. The van der Waals surface area contributed by atoms with E-state index in [1.807, 2.05) is 13.8 Å². The molecule has 0 fully saturated rings. The predicted octanol–water partition coefficient (Wildman–Crippen LogP) is 2.03. The number of halogens is 2. The Labute approximate surface area is 121 Å². The Bertz CT molecular complexity index is 458. The molecule has 104 valence electrons. The Morgan fingerprint density at radius 1 is 1.26 bits per heavy atom. The maximum atomic E-state index is 11.8. The van der Waals surface area contributed by atoms with Gasteiger partial charge in [-0.25, -0.2) is 4.98 Å². The Kier molecular flexibility index (Phi) is 6.05. The van der Waals surface area contributed by atoms with Crippen LogP contribution in [0.25, 0.3) is 0 Å². The Hall–Kier alpha value is -1.33. The highest BCUT2D eigenvalue weighted by Crippen LogP contribution is 2.14. The fraction of sp³-hybridized carbons (Fsp3) is 0.417. The van der Waals surface area contributed by atoms with Gasteiger partial charge in [0.2, 0.25) is 5.91 Å². The summed E-state index contributed by atoms with van der Waals surface area (Å²) >= 11 is 11.4. The molecule has 0 aromatic carbocycles. The van der Waals surface area contributed by atoms with Gasteiger partial charge in [0.1, 0.15) is 10.3 Å². The molecule has 2 amide bonds. The third kappa shape index (κ3) is 5.89. The van der Waals surface area contributed by atoms with Gasteiger partial charge in [0, 0.05) is 24.6 Å². The van der Waals surface area contributed by atoms with E-state index >= 15 is 0 Å². The highest BCUT2D eigenvalue weighted by atomic mass is 35.5. The molecule has 0 aliphatic rings. The topological polar surface area (TPSA) is 71.1 Å². The van der Waals surface area contributed by atoms with Crippen LogP contribution >= 0.6 is 23.2 Å². The summed E-state index contributed by atoms with van der Waals surface area (Å²) in [6.07, 6.45) is 0.219. The lowest BCUT2D eigenvalue weighted by atomic mass is 10.2. The van der Waals surface area contributed by atoms with Crippen LogP contribution in [0.4, 0.5) is 0 Å². The Balaban J connectivity index is 2.45. The first kappa shape index (κ1) is 15.7. The van der Waals surface area contributed by atoms with E-state index in [2.05, 4.69) is 15.6 Å². The largest absolute Gasteiger partial charge is 0.354 e. The molecule has 0 aliphatic heterocycles. The van der Waals surface area contributed by atoms with Crippen LogP contribution in [0.15, 0.2) is 12.1 Å². The van der Waals surface area contributed by atoms with Crippen molar-refractivity contribution in [1.29, 1.82) is 0 Å². The summed E-state index contributed by atoms with van der Waals surface area (Å²) in [6, 6.07) is 2.91. The number of nitrogens with zero attached hydrogens (tertiary/aromatic N) is 1. The summed E-state index contributed by atoms with van der Waals surface area (Å²) in [4.78, 5) is 26.9. The van der Waals surface area contributed by atoms with E-state index in [1.54, 1.807) is 0 Å². The quantitative estimate of drug-likeness (QED) is 0.818. The van der Waals surface area contributed by atoms with Crippen LogP contribution in [-0.2, 0) is 4.79 Å². The van der Waals surface area contributed by atoms with Crippen LogP contribution in [0, 0.1) is 0 Å². The average Bonchev–Trinajstić information content (AvgIpc) is 2.26. The molecule has 1 aromatic rings. The van der Waals surface area contributed by atoms with Gasteiger partial charge in [-0.3, -0.25) is 9.59 Å². The molecule has 0 spiro atoms. The summed E-state index contributed by atoms with van der Waals surface area (Å²) < 4.78 is 0. The molecule has 0 saturated carbocycles. The van der Waals surface area contributed by atoms with Crippen LogP contribution in [-0.4, -0.2) is 29.4 Å². The molecule has 1 rings (SSSR count). The molecule has 7 heteroatoms. The zero-order valence-corrected chi connectivity index (χ0v) is 12.2. The molecule has 1 heterocycles. The number of amides is 2. The molecule has 19 heavy (non-hydrogen) atoms. The number of hydrogen-bond donors (Lipinski definition) is 2. The molecule has 1 aromatic heterocycles. The summed E-state index contributed by atoms with van der Waals surface area (Å²) in [5.74, 6) is -0.454. The zero-order chi connectivity index (χ0) is 14.4. The van der Waals surface area contributed by atoms with E-state index in [1.165, 1.54) is 12.1 Å². The van der Waals surface area contributed by atoms with Crippen molar-refractivity contribution in [2.45, 2.75) is 26.3 Å². The number of carbonyl (C=O) groups is 2. The lowest BCUT2D eigenvalue weighted by Gasteiger charge is -2.09. The van der Waals surface area contributed by atoms with Gasteiger partial charge in [-0.15, -0.1) is 0 Å². The summed E-state index contributed by atoms with van der Waals surface area (Å²) in [5, 5.41) is 5.64. The smallest absolute Gasteiger partial charge is 0.251 e. The van der Waals surface area contributed by atoms with Crippen molar-refractivity contribution < 1.29 is 9.59 Å². The van der Waals surface area contributed by atoms with Crippen molar-refractivity contribution in [2.75, 3.05) is 6.54 Å². The molecular formula is C12H15Cl2N3O2. The van der Waals surface area contributed by atoms with E-state index in [0.29, 0.717) is 5.56 Å². The fourth-order valence-corrected chi connectivity index (χ4v) is 1.84. The average molecular weight is 304 g/mol. The Morgan fingerprint density at radius 3 is 2.37 bits per heavy atom. The fourth-order valence-electron chi connectivity index (χ4n) is 1.38. The molecule has 0 unspecified atom stereocenters. The standard InChI is InChI=1S/C12H15Cl2N3O2/c1-7(2)16-11(18)3-4-15-12(19)8-5-9(13)17-10(14)6-8/h5-7H,3-4H2,1-2H3,(H,15,19)(H,16,18). The maximum Gasteiger partial charge on any atom is 0.251 e. The van der Waals surface area contributed by atoms with E-state index in [0.717, 1.165) is 0 Å². The van der Waals surface area contributed by atoms with Crippen LogP contribution in [0.2, 0.25) is 10.3 Å². The van der Waals surface area contributed by atoms with Crippen LogP contribution < -0.4 is 10.6 Å². The second-order valence-corrected chi connectivity index (χ2v) is 5.00. The molecule has 2 N–H and O–H groups in total. The maximum absolute atomic E-state index is 11.8. The molecule has 0 saturated heterocycles. The van der Waals surface area contributed by atoms with Gasteiger partial charge in [-0.1, -0.05) is 23.2 Å². The van der Waals surface area contributed by atoms with Crippen molar-refractivity contribution in [2.24, 2.45) is 0 Å². The SMILES string of the molecule is CC(C)NC(=O)CCNC(=O)c1cc(Cl)nc(Cl)c1. The second-order valence-electron chi connectivity index (χ2n) is 4.23. The number of carbonyl (C=O) groups excluding carboxylic acids is 2. The molecule has 0 radical (unpaired) electrons. The van der Waals surface area contributed by atoms with E-state index < -0.39 is 0 Å². The minimum absolute atomic E-state index is 0.0843. The first-order valence-corrected chi connectivity index (χ1v) is 6.54. The van der Waals surface area contributed by atoms with Crippen molar-refractivity contribution in [3.8, 4) is 0 Å². The zero-order valence-electron chi connectivity index (χ0n) is 10.7.